The molecule has 1 atom stereocenters. The van der Waals surface area contributed by atoms with Gasteiger partial charge in [-0.1, -0.05) is 35.0 Å². The number of halogens is 1. The fourth-order valence-corrected chi connectivity index (χ4v) is 2.23. The second-order valence-corrected chi connectivity index (χ2v) is 5.10. The fourth-order valence-electron chi connectivity index (χ4n) is 1.96. The van der Waals surface area contributed by atoms with E-state index in [2.05, 4.69) is 58.5 Å². The summed E-state index contributed by atoms with van der Waals surface area (Å²) in [4.78, 5) is 0. The van der Waals surface area contributed by atoms with Gasteiger partial charge in [-0.05, 0) is 36.7 Å². The average molecular weight is 296 g/mol. The summed E-state index contributed by atoms with van der Waals surface area (Å²) in [5.74, 6) is 1.07. The Hall–Kier alpha value is -0.800. The molecule has 0 saturated carbocycles. The van der Waals surface area contributed by atoms with Gasteiger partial charge in [-0.25, -0.2) is 0 Å². The van der Waals surface area contributed by atoms with Gasteiger partial charge in [0, 0.05) is 10.9 Å². The van der Waals surface area contributed by atoms with E-state index in [1.807, 2.05) is 0 Å². The van der Waals surface area contributed by atoms with Gasteiger partial charge in [0.15, 0.2) is 0 Å². The van der Waals surface area contributed by atoms with Gasteiger partial charge in [-0.3, -0.25) is 0 Å². The van der Waals surface area contributed by atoms with E-state index < -0.39 is 0 Å². The normalized spacial score (nSPS) is 16.5. The predicted octanol–water partition coefficient (Wildman–Crippen LogP) is 3.79. The smallest absolute Gasteiger partial charge is 0.114 e. The molecule has 2 nitrogen and oxygen atoms in total. The van der Waals surface area contributed by atoms with E-state index in [9.17, 15) is 0 Å². The summed E-state index contributed by atoms with van der Waals surface area (Å²) in [5, 5.41) is 3.54. The molecule has 1 aromatic rings. The molecule has 0 radical (unpaired) electrons. The minimum Gasteiger partial charge on any atom is -0.496 e. The predicted molar refractivity (Wildman–Crippen MR) is 73.8 cm³/mol. The summed E-state index contributed by atoms with van der Waals surface area (Å²) in [5.41, 5.74) is 1.26. The molecule has 1 heterocycles. The quantitative estimate of drug-likeness (QED) is 0.892. The Morgan fingerprint density at radius 2 is 2.12 bits per heavy atom. The molecule has 1 aliphatic heterocycles. The Morgan fingerprint density at radius 3 is 2.71 bits per heavy atom. The Labute approximate surface area is 111 Å². The summed E-state index contributed by atoms with van der Waals surface area (Å²) in [6, 6.07) is 8.63. The van der Waals surface area contributed by atoms with Crippen LogP contribution < -0.4 is 5.32 Å². The maximum atomic E-state index is 5.68. The number of benzene rings is 1. The number of rotatable bonds is 5. The standard InChI is InChI=1S/C14H18BrNO/c1-2-9-16-14(13-4-3-10-17-13)11-5-7-12(15)8-6-11/h4-8,14,16H,2-3,9-10H2,1H3. The van der Waals surface area contributed by atoms with Crippen molar-refractivity contribution in [1.82, 2.24) is 5.32 Å². The molecular formula is C14H18BrNO. The minimum absolute atomic E-state index is 0.200. The molecule has 0 spiro atoms. The molecule has 0 bridgehead atoms. The van der Waals surface area contributed by atoms with E-state index in [0.29, 0.717) is 0 Å². The molecule has 1 aromatic carbocycles. The van der Waals surface area contributed by atoms with Crippen molar-refractivity contribution in [3.05, 3.63) is 46.1 Å². The van der Waals surface area contributed by atoms with Crippen LogP contribution in [0.2, 0.25) is 0 Å². The molecule has 2 rings (SSSR count). The highest BCUT2D eigenvalue weighted by atomic mass is 79.9. The van der Waals surface area contributed by atoms with Crippen molar-refractivity contribution < 1.29 is 4.74 Å². The molecule has 0 aromatic heterocycles. The van der Waals surface area contributed by atoms with Crippen molar-refractivity contribution >= 4 is 15.9 Å². The third kappa shape index (κ3) is 3.33. The van der Waals surface area contributed by atoms with E-state index >= 15 is 0 Å². The lowest BCUT2D eigenvalue weighted by molar-refractivity contribution is 0.215. The highest BCUT2D eigenvalue weighted by molar-refractivity contribution is 9.10. The lowest BCUT2D eigenvalue weighted by atomic mass is 10.0. The van der Waals surface area contributed by atoms with Crippen LogP contribution in [0.3, 0.4) is 0 Å². The molecule has 3 heteroatoms. The lowest BCUT2D eigenvalue weighted by Crippen LogP contribution is -2.24. The van der Waals surface area contributed by atoms with Gasteiger partial charge in [-0.2, -0.15) is 0 Å². The number of ether oxygens (including phenoxy) is 1. The van der Waals surface area contributed by atoms with Crippen LogP contribution in [0.5, 0.6) is 0 Å². The first-order chi connectivity index (χ1) is 8.31. The van der Waals surface area contributed by atoms with Crippen LogP contribution in [0.15, 0.2) is 40.6 Å². The van der Waals surface area contributed by atoms with Crippen LogP contribution in [0.25, 0.3) is 0 Å². The van der Waals surface area contributed by atoms with Crippen LogP contribution in [-0.4, -0.2) is 13.2 Å². The first-order valence-electron chi connectivity index (χ1n) is 6.13. The number of hydrogen-bond donors (Lipinski definition) is 1. The SMILES string of the molecule is CCCNC(C1=CCCO1)c1ccc(Br)cc1. The Balaban J connectivity index is 2.16. The largest absolute Gasteiger partial charge is 0.496 e. The van der Waals surface area contributed by atoms with Crippen LogP contribution in [-0.2, 0) is 4.74 Å². The van der Waals surface area contributed by atoms with Gasteiger partial charge in [0.25, 0.3) is 0 Å². The first kappa shape index (κ1) is 12.7. The lowest BCUT2D eigenvalue weighted by Gasteiger charge is -2.20. The van der Waals surface area contributed by atoms with Crippen molar-refractivity contribution in [2.24, 2.45) is 0 Å². The molecule has 0 amide bonds. The summed E-state index contributed by atoms with van der Waals surface area (Å²) in [6.07, 6.45) is 4.34. The van der Waals surface area contributed by atoms with E-state index in [-0.39, 0.29) is 6.04 Å². The highest BCUT2D eigenvalue weighted by Crippen LogP contribution is 2.27. The van der Waals surface area contributed by atoms with Gasteiger partial charge in [-0.15, -0.1) is 0 Å². The third-order valence-corrected chi connectivity index (χ3v) is 3.35. The molecule has 1 aliphatic rings. The van der Waals surface area contributed by atoms with Gasteiger partial charge >= 0.3 is 0 Å². The van der Waals surface area contributed by atoms with Gasteiger partial charge in [0.2, 0.25) is 0 Å². The third-order valence-electron chi connectivity index (χ3n) is 2.82. The Morgan fingerprint density at radius 1 is 1.35 bits per heavy atom. The monoisotopic (exact) mass is 295 g/mol. The van der Waals surface area contributed by atoms with E-state index in [1.165, 1.54) is 5.56 Å². The molecule has 0 aliphatic carbocycles. The molecule has 92 valence electrons. The van der Waals surface area contributed by atoms with Crippen molar-refractivity contribution in [2.45, 2.75) is 25.8 Å². The zero-order valence-corrected chi connectivity index (χ0v) is 11.7. The molecule has 17 heavy (non-hydrogen) atoms. The van der Waals surface area contributed by atoms with Crippen LogP contribution >= 0.6 is 15.9 Å². The maximum Gasteiger partial charge on any atom is 0.114 e. The van der Waals surface area contributed by atoms with Crippen LogP contribution in [0.1, 0.15) is 31.4 Å². The second-order valence-electron chi connectivity index (χ2n) is 4.18. The summed E-state index contributed by atoms with van der Waals surface area (Å²) in [6.45, 7) is 3.99. The van der Waals surface area contributed by atoms with Crippen LogP contribution in [0.4, 0.5) is 0 Å². The molecule has 1 unspecified atom stereocenters. The first-order valence-corrected chi connectivity index (χ1v) is 6.92. The second kappa shape index (κ2) is 6.22. The Kier molecular flexibility index (Phi) is 4.63. The zero-order chi connectivity index (χ0) is 12.1. The van der Waals surface area contributed by atoms with Crippen molar-refractivity contribution in [3.8, 4) is 0 Å². The van der Waals surface area contributed by atoms with Crippen molar-refractivity contribution in [1.29, 1.82) is 0 Å². The molecule has 1 N–H and O–H groups in total. The number of hydrogen-bond acceptors (Lipinski definition) is 2. The van der Waals surface area contributed by atoms with Crippen LogP contribution in [0, 0.1) is 0 Å². The topological polar surface area (TPSA) is 21.3 Å². The minimum atomic E-state index is 0.200. The number of nitrogens with one attached hydrogen (secondary N) is 1. The van der Waals surface area contributed by atoms with Crippen molar-refractivity contribution in [3.63, 3.8) is 0 Å². The van der Waals surface area contributed by atoms with E-state index in [0.717, 1.165) is 36.2 Å². The molecular weight excluding hydrogens is 278 g/mol. The summed E-state index contributed by atoms with van der Waals surface area (Å²) >= 11 is 3.46. The fraction of sp³-hybridized carbons (Fsp3) is 0.429. The molecule has 0 saturated heterocycles. The van der Waals surface area contributed by atoms with E-state index in [1.54, 1.807) is 0 Å². The Bertz CT molecular complexity index is 386. The van der Waals surface area contributed by atoms with Crippen molar-refractivity contribution in [2.75, 3.05) is 13.2 Å². The summed E-state index contributed by atoms with van der Waals surface area (Å²) < 4.78 is 6.79. The maximum absolute atomic E-state index is 5.68. The summed E-state index contributed by atoms with van der Waals surface area (Å²) in [7, 11) is 0. The van der Waals surface area contributed by atoms with E-state index in [4.69, 9.17) is 4.74 Å². The average Bonchev–Trinajstić information content (AvgIpc) is 2.85. The highest BCUT2D eigenvalue weighted by Gasteiger charge is 2.19. The zero-order valence-electron chi connectivity index (χ0n) is 10.1. The van der Waals surface area contributed by atoms with Gasteiger partial charge in [0.1, 0.15) is 5.76 Å². The van der Waals surface area contributed by atoms with Gasteiger partial charge in [0.05, 0.1) is 12.6 Å². The van der Waals surface area contributed by atoms with Gasteiger partial charge < -0.3 is 10.1 Å². The molecule has 0 fully saturated rings.